The fraction of sp³-hybridized carbons (Fsp3) is 0.276. The molecule has 7 nitrogen and oxygen atoms in total. The molecule has 0 saturated carbocycles. The average molecular weight is 520 g/mol. The van der Waals surface area contributed by atoms with Gasteiger partial charge in [-0.2, -0.15) is 0 Å². The van der Waals surface area contributed by atoms with Crippen LogP contribution in [0.25, 0.3) is 10.9 Å². The van der Waals surface area contributed by atoms with E-state index in [-0.39, 0.29) is 24.1 Å². The molecule has 0 unspecified atom stereocenters. The first-order valence-corrected chi connectivity index (χ1v) is 12.7. The first kappa shape index (κ1) is 26.2. The number of carbonyl (C=O) groups excluding carboxylic acids is 3. The van der Waals surface area contributed by atoms with Crippen molar-refractivity contribution in [1.82, 2.24) is 15.2 Å². The van der Waals surface area contributed by atoms with Crippen LogP contribution in [0.5, 0.6) is 5.75 Å². The summed E-state index contributed by atoms with van der Waals surface area (Å²) in [5.41, 5.74) is 3.47. The van der Waals surface area contributed by atoms with Crippen LogP contribution < -0.4 is 15.4 Å². The van der Waals surface area contributed by atoms with E-state index in [0.29, 0.717) is 47.1 Å². The molecular weight excluding hydrogens is 490 g/mol. The summed E-state index contributed by atoms with van der Waals surface area (Å²) in [7, 11) is 1.58. The fourth-order valence-corrected chi connectivity index (χ4v) is 4.55. The average Bonchev–Trinajstić information content (AvgIpc) is 3.53. The minimum atomic E-state index is -0.192. The van der Waals surface area contributed by atoms with Crippen LogP contribution in [0.15, 0.2) is 66.3 Å². The predicted molar refractivity (Wildman–Crippen MR) is 145 cm³/mol. The maximum Gasteiger partial charge on any atom is 0.262 e. The van der Waals surface area contributed by atoms with Gasteiger partial charge < -0.3 is 15.4 Å². The number of hydrogen-bond acceptors (Lipinski definition) is 4. The highest BCUT2D eigenvalue weighted by Gasteiger charge is 2.22. The summed E-state index contributed by atoms with van der Waals surface area (Å²) < 4.78 is 7.03. The van der Waals surface area contributed by atoms with Crippen LogP contribution in [-0.4, -0.2) is 42.5 Å². The standard InChI is InChI=1S/C29H30ClN3O4/c1-19-24(18-27(34)31-15-5-6-16-32-28(35)20-7-3-4-8-20)25-17-23(37-2)13-14-26(25)33(19)29(36)21-9-11-22(30)12-10-21/h3-4,7,9-14,17H,5-6,8,15-16,18H2,1-2H3,(H,31,34)(H,32,35). The van der Waals surface area contributed by atoms with Crippen molar-refractivity contribution in [3.05, 3.63) is 88.1 Å². The molecule has 3 aromatic rings. The maximum absolute atomic E-state index is 13.4. The van der Waals surface area contributed by atoms with Gasteiger partial charge in [0.15, 0.2) is 0 Å². The Morgan fingerprint density at radius 2 is 1.76 bits per heavy atom. The van der Waals surface area contributed by atoms with Crippen LogP contribution >= 0.6 is 11.6 Å². The van der Waals surface area contributed by atoms with Crippen molar-refractivity contribution in [2.24, 2.45) is 0 Å². The number of halogens is 1. The number of rotatable bonds is 10. The van der Waals surface area contributed by atoms with Gasteiger partial charge in [0.1, 0.15) is 5.75 Å². The molecule has 192 valence electrons. The lowest BCUT2D eigenvalue weighted by molar-refractivity contribution is -0.120. The summed E-state index contributed by atoms with van der Waals surface area (Å²) >= 11 is 5.99. The quantitative estimate of drug-likeness (QED) is 0.379. The van der Waals surface area contributed by atoms with Gasteiger partial charge in [-0.15, -0.1) is 0 Å². The summed E-state index contributed by atoms with van der Waals surface area (Å²) in [6.45, 7) is 2.91. The van der Waals surface area contributed by atoms with Crippen LogP contribution in [0.4, 0.5) is 0 Å². The van der Waals surface area contributed by atoms with E-state index in [2.05, 4.69) is 10.6 Å². The van der Waals surface area contributed by atoms with Crippen molar-refractivity contribution in [3.8, 4) is 5.75 Å². The van der Waals surface area contributed by atoms with E-state index >= 15 is 0 Å². The zero-order valence-corrected chi connectivity index (χ0v) is 21.7. The lowest BCUT2D eigenvalue weighted by Crippen LogP contribution is -2.28. The van der Waals surface area contributed by atoms with Gasteiger partial charge in [-0.25, -0.2) is 0 Å². The Kier molecular flexibility index (Phi) is 8.46. The largest absolute Gasteiger partial charge is 0.497 e. The van der Waals surface area contributed by atoms with Gasteiger partial charge in [-0.1, -0.05) is 29.8 Å². The monoisotopic (exact) mass is 519 g/mol. The summed E-state index contributed by atoms with van der Waals surface area (Å²) in [5, 5.41) is 7.22. The molecule has 0 fully saturated rings. The number of aromatic nitrogens is 1. The normalized spacial score (nSPS) is 12.5. The number of hydrogen-bond donors (Lipinski definition) is 2. The van der Waals surface area contributed by atoms with Gasteiger partial charge in [-0.3, -0.25) is 19.0 Å². The van der Waals surface area contributed by atoms with Gasteiger partial charge in [0.05, 0.1) is 19.0 Å². The topological polar surface area (TPSA) is 89.4 Å². The van der Waals surface area contributed by atoms with Gasteiger partial charge >= 0.3 is 0 Å². The molecule has 2 N–H and O–H groups in total. The maximum atomic E-state index is 13.4. The van der Waals surface area contributed by atoms with Crippen LogP contribution in [-0.2, 0) is 16.0 Å². The third kappa shape index (κ3) is 6.12. The fourth-order valence-electron chi connectivity index (χ4n) is 4.43. The molecule has 1 aliphatic rings. The summed E-state index contributed by atoms with van der Waals surface area (Å²) in [6, 6.07) is 12.2. The van der Waals surface area contributed by atoms with E-state index in [1.807, 2.05) is 37.3 Å². The number of carbonyl (C=O) groups is 3. The highest BCUT2D eigenvalue weighted by Crippen LogP contribution is 2.31. The lowest BCUT2D eigenvalue weighted by atomic mass is 10.1. The molecule has 37 heavy (non-hydrogen) atoms. The second-order valence-electron chi connectivity index (χ2n) is 8.91. The van der Waals surface area contributed by atoms with Gasteiger partial charge in [0, 0.05) is 40.3 Å². The lowest BCUT2D eigenvalue weighted by Gasteiger charge is -2.09. The molecule has 0 bridgehead atoms. The van der Waals surface area contributed by atoms with Gasteiger partial charge in [0.2, 0.25) is 11.8 Å². The van der Waals surface area contributed by atoms with Crippen LogP contribution in [0, 0.1) is 6.92 Å². The van der Waals surface area contributed by atoms with Crippen LogP contribution in [0.1, 0.15) is 40.9 Å². The number of nitrogens with one attached hydrogen (secondary N) is 2. The third-order valence-corrected chi connectivity index (χ3v) is 6.70. The highest BCUT2D eigenvalue weighted by atomic mass is 35.5. The molecule has 2 amide bonds. The van der Waals surface area contributed by atoms with Gasteiger partial charge in [-0.05, 0) is 74.2 Å². The number of nitrogens with zero attached hydrogens (tertiary/aromatic N) is 1. The number of unbranched alkanes of at least 4 members (excludes halogenated alkanes) is 1. The minimum absolute atomic E-state index is 0.0375. The molecule has 1 aromatic heterocycles. The van der Waals surface area contributed by atoms with E-state index in [1.165, 1.54) is 0 Å². The molecule has 8 heteroatoms. The van der Waals surface area contributed by atoms with E-state index in [4.69, 9.17) is 16.3 Å². The zero-order valence-electron chi connectivity index (χ0n) is 21.0. The Hall–Kier alpha value is -3.84. The number of amides is 2. The molecule has 0 atom stereocenters. The molecule has 2 aromatic carbocycles. The zero-order chi connectivity index (χ0) is 26.4. The molecular formula is C29H30ClN3O4. The molecule has 1 heterocycles. The van der Waals surface area contributed by atoms with Crippen molar-refractivity contribution in [2.45, 2.75) is 32.6 Å². The van der Waals surface area contributed by atoms with E-state index in [9.17, 15) is 14.4 Å². The number of fused-ring (bicyclic) bond motifs is 1. The van der Waals surface area contributed by atoms with Crippen molar-refractivity contribution < 1.29 is 19.1 Å². The Balaban J connectivity index is 1.41. The van der Waals surface area contributed by atoms with Crippen LogP contribution in [0.3, 0.4) is 0 Å². The number of allylic oxidation sites excluding steroid dienone is 3. The number of benzene rings is 2. The summed E-state index contributed by atoms with van der Waals surface area (Å²) in [5.74, 6) is 0.290. The first-order valence-electron chi connectivity index (χ1n) is 12.3. The van der Waals surface area contributed by atoms with Gasteiger partial charge in [0.25, 0.3) is 5.91 Å². The molecule has 0 saturated heterocycles. The van der Waals surface area contributed by atoms with E-state index in [1.54, 1.807) is 42.0 Å². The molecule has 0 spiro atoms. The Labute approximate surface area is 221 Å². The number of ether oxygens (including phenoxy) is 1. The highest BCUT2D eigenvalue weighted by molar-refractivity contribution is 6.30. The van der Waals surface area contributed by atoms with Crippen molar-refractivity contribution >= 4 is 40.2 Å². The van der Waals surface area contributed by atoms with Crippen molar-refractivity contribution in [1.29, 1.82) is 0 Å². The molecule has 0 aliphatic heterocycles. The van der Waals surface area contributed by atoms with Crippen molar-refractivity contribution in [3.63, 3.8) is 0 Å². The molecule has 1 aliphatic carbocycles. The van der Waals surface area contributed by atoms with E-state index in [0.717, 1.165) is 29.4 Å². The van der Waals surface area contributed by atoms with E-state index < -0.39 is 0 Å². The predicted octanol–water partition coefficient (Wildman–Crippen LogP) is 4.74. The Bertz CT molecular complexity index is 1390. The number of methoxy groups -OCH3 is 1. The van der Waals surface area contributed by atoms with Crippen molar-refractivity contribution in [2.75, 3.05) is 20.2 Å². The second kappa shape index (κ2) is 11.9. The van der Waals surface area contributed by atoms with Crippen LogP contribution in [0.2, 0.25) is 5.02 Å². The SMILES string of the molecule is COc1ccc2c(c1)c(CC(=O)NCCCCNC(=O)C1=CC=CC1)c(C)n2C(=O)c1ccc(Cl)cc1. The smallest absolute Gasteiger partial charge is 0.262 e. The molecule has 0 radical (unpaired) electrons. The molecule has 4 rings (SSSR count). The second-order valence-corrected chi connectivity index (χ2v) is 9.34. The summed E-state index contributed by atoms with van der Waals surface area (Å²) in [6.07, 6.45) is 7.97. The Morgan fingerprint density at radius 3 is 2.43 bits per heavy atom. The minimum Gasteiger partial charge on any atom is -0.497 e. The third-order valence-electron chi connectivity index (χ3n) is 6.45. The summed E-state index contributed by atoms with van der Waals surface area (Å²) in [4.78, 5) is 38.2. The first-order chi connectivity index (χ1) is 17.9. The Morgan fingerprint density at radius 1 is 1.03 bits per heavy atom.